The molecule has 32 heavy (non-hydrogen) atoms. The summed E-state index contributed by atoms with van der Waals surface area (Å²) in [5, 5.41) is 14.1. The number of carboxylic acid groups (broad SMARTS) is 1. The van der Waals surface area contributed by atoms with Crippen LogP contribution < -0.4 is 10.6 Å². The number of nitrogens with zero attached hydrogens (tertiary/aromatic N) is 2. The lowest BCUT2D eigenvalue weighted by atomic mass is 10.2. The van der Waals surface area contributed by atoms with E-state index in [9.17, 15) is 19.2 Å². The Morgan fingerprint density at radius 1 is 0.906 bits per heavy atom. The molecule has 10 heteroatoms. The van der Waals surface area contributed by atoms with Crippen LogP contribution in [0.3, 0.4) is 0 Å². The van der Waals surface area contributed by atoms with Crippen LogP contribution in [0.2, 0.25) is 0 Å². The van der Waals surface area contributed by atoms with Gasteiger partial charge in [0, 0.05) is 31.9 Å². The molecule has 2 aromatic rings. The smallest absolute Gasteiger partial charge is 0.410 e. The van der Waals surface area contributed by atoms with Gasteiger partial charge < -0.3 is 30.3 Å². The van der Waals surface area contributed by atoms with Gasteiger partial charge in [-0.1, -0.05) is 36.4 Å². The molecular weight excluding hydrogens is 416 g/mol. The van der Waals surface area contributed by atoms with Gasteiger partial charge in [-0.05, 0) is 23.8 Å². The fourth-order valence-electron chi connectivity index (χ4n) is 3.11. The van der Waals surface area contributed by atoms with Gasteiger partial charge in [0.05, 0.1) is 12.1 Å². The maximum absolute atomic E-state index is 12.3. The zero-order chi connectivity index (χ0) is 22.9. The largest absolute Gasteiger partial charge is 0.478 e. The highest BCUT2D eigenvalue weighted by Crippen LogP contribution is 2.11. The molecule has 1 heterocycles. The maximum atomic E-state index is 12.3. The molecule has 3 rings (SSSR count). The highest BCUT2D eigenvalue weighted by molar-refractivity contribution is 5.96. The fraction of sp³-hybridized carbons (Fsp3) is 0.273. The number of aromatic carboxylic acids is 1. The molecule has 0 atom stereocenters. The predicted octanol–water partition coefficient (Wildman–Crippen LogP) is 1.99. The van der Waals surface area contributed by atoms with E-state index >= 15 is 0 Å². The molecule has 1 aliphatic heterocycles. The summed E-state index contributed by atoms with van der Waals surface area (Å²) in [7, 11) is 0. The van der Waals surface area contributed by atoms with Crippen molar-refractivity contribution in [2.45, 2.75) is 6.61 Å². The topological polar surface area (TPSA) is 128 Å². The van der Waals surface area contributed by atoms with E-state index in [0.29, 0.717) is 31.9 Å². The summed E-state index contributed by atoms with van der Waals surface area (Å²) in [5.41, 5.74) is 1.27. The summed E-state index contributed by atoms with van der Waals surface area (Å²) >= 11 is 0. The lowest BCUT2D eigenvalue weighted by Gasteiger charge is -2.34. The third-order valence-corrected chi connectivity index (χ3v) is 4.82. The molecule has 1 fully saturated rings. The zero-order valence-corrected chi connectivity index (χ0v) is 17.3. The molecule has 0 spiro atoms. The number of rotatable bonds is 6. The van der Waals surface area contributed by atoms with Gasteiger partial charge in [0.15, 0.2) is 0 Å². The van der Waals surface area contributed by atoms with Gasteiger partial charge in [0.1, 0.15) is 6.61 Å². The van der Waals surface area contributed by atoms with Crippen molar-refractivity contribution in [1.82, 2.24) is 15.1 Å². The number of carbonyl (C=O) groups excluding carboxylic acids is 3. The third kappa shape index (κ3) is 6.46. The van der Waals surface area contributed by atoms with Crippen LogP contribution in [0.5, 0.6) is 0 Å². The quantitative estimate of drug-likeness (QED) is 0.630. The number of carbonyl (C=O) groups is 4. The van der Waals surface area contributed by atoms with Gasteiger partial charge in [0.25, 0.3) is 0 Å². The van der Waals surface area contributed by atoms with E-state index in [-0.39, 0.29) is 18.7 Å². The minimum Gasteiger partial charge on any atom is -0.478 e. The Morgan fingerprint density at radius 2 is 1.59 bits per heavy atom. The Balaban J connectivity index is 1.37. The number of ether oxygens (including phenoxy) is 1. The van der Waals surface area contributed by atoms with Crippen LogP contribution in [0.1, 0.15) is 15.9 Å². The van der Waals surface area contributed by atoms with Gasteiger partial charge >= 0.3 is 18.1 Å². The first-order valence-electron chi connectivity index (χ1n) is 10.0. The van der Waals surface area contributed by atoms with E-state index in [1.165, 1.54) is 28.0 Å². The van der Waals surface area contributed by atoms with Crippen LogP contribution in [-0.4, -0.2) is 71.6 Å². The van der Waals surface area contributed by atoms with Gasteiger partial charge in [0.2, 0.25) is 5.91 Å². The number of nitrogens with one attached hydrogen (secondary N) is 2. The van der Waals surface area contributed by atoms with Crippen molar-refractivity contribution >= 4 is 29.7 Å². The van der Waals surface area contributed by atoms with Crippen LogP contribution in [0.25, 0.3) is 0 Å². The second-order valence-electron chi connectivity index (χ2n) is 7.11. The number of amides is 4. The summed E-state index contributed by atoms with van der Waals surface area (Å²) in [6, 6.07) is 14.8. The number of piperazine rings is 1. The molecule has 0 radical (unpaired) electrons. The zero-order valence-electron chi connectivity index (χ0n) is 17.3. The van der Waals surface area contributed by atoms with Crippen molar-refractivity contribution < 1.29 is 29.0 Å². The third-order valence-electron chi connectivity index (χ3n) is 4.82. The van der Waals surface area contributed by atoms with Gasteiger partial charge in [-0.2, -0.15) is 0 Å². The number of anilines is 1. The second-order valence-corrected chi connectivity index (χ2v) is 7.11. The molecule has 10 nitrogen and oxygen atoms in total. The van der Waals surface area contributed by atoms with Crippen molar-refractivity contribution in [3.05, 3.63) is 65.7 Å². The average molecular weight is 440 g/mol. The van der Waals surface area contributed by atoms with E-state index < -0.39 is 24.0 Å². The highest BCUT2D eigenvalue weighted by Gasteiger charge is 2.25. The van der Waals surface area contributed by atoms with E-state index in [0.717, 1.165) is 5.56 Å². The lowest BCUT2D eigenvalue weighted by molar-refractivity contribution is -0.115. The minimum absolute atomic E-state index is 0.0481. The van der Waals surface area contributed by atoms with E-state index in [4.69, 9.17) is 9.84 Å². The molecule has 1 aliphatic rings. The molecule has 0 saturated carbocycles. The first-order chi connectivity index (χ1) is 15.4. The Morgan fingerprint density at radius 3 is 2.28 bits per heavy atom. The summed E-state index contributed by atoms with van der Waals surface area (Å²) in [4.78, 5) is 50.6. The van der Waals surface area contributed by atoms with E-state index in [1.54, 1.807) is 6.07 Å². The molecule has 4 amide bonds. The number of hydrogen-bond donors (Lipinski definition) is 3. The molecule has 0 unspecified atom stereocenters. The molecule has 0 aromatic heterocycles. The standard InChI is InChI=1S/C22H24N4O6/c27-19(24-18-8-4-7-17(13-18)20(28)29)14-23-21(30)25-9-11-26(12-10-25)22(31)32-15-16-5-2-1-3-6-16/h1-8,13H,9-12,14-15H2,(H,23,30)(H,24,27)(H,28,29). The summed E-state index contributed by atoms with van der Waals surface area (Å²) < 4.78 is 5.30. The van der Waals surface area contributed by atoms with Gasteiger partial charge in [-0.25, -0.2) is 14.4 Å². The molecule has 168 valence electrons. The fourth-order valence-corrected chi connectivity index (χ4v) is 3.11. The Bertz CT molecular complexity index is 973. The van der Waals surface area contributed by atoms with Gasteiger partial charge in [-0.15, -0.1) is 0 Å². The number of benzene rings is 2. The minimum atomic E-state index is -1.10. The SMILES string of the molecule is O=C(CNC(=O)N1CCN(C(=O)OCc2ccccc2)CC1)Nc1cccc(C(=O)O)c1. The van der Waals surface area contributed by atoms with Crippen LogP contribution in [0.15, 0.2) is 54.6 Å². The molecule has 0 bridgehead atoms. The van der Waals surface area contributed by atoms with Crippen molar-refractivity contribution in [1.29, 1.82) is 0 Å². The molecule has 3 N–H and O–H groups in total. The van der Waals surface area contributed by atoms with Crippen molar-refractivity contribution in [3.63, 3.8) is 0 Å². The second kappa shape index (κ2) is 10.8. The maximum Gasteiger partial charge on any atom is 0.410 e. The first kappa shape index (κ1) is 22.6. The summed E-state index contributed by atoms with van der Waals surface area (Å²) in [5.74, 6) is -1.58. The van der Waals surface area contributed by atoms with Crippen molar-refractivity contribution in [2.24, 2.45) is 0 Å². The van der Waals surface area contributed by atoms with Crippen LogP contribution in [0, 0.1) is 0 Å². The average Bonchev–Trinajstić information content (AvgIpc) is 2.82. The molecule has 1 saturated heterocycles. The molecular formula is C22H24N4O6. The normalized spacial score (nSPS) is 13.2. The highest BCUT2D eigenvalue weighted by atomic mass is 16.6. The summed E-state index contributed by atoms with van der Waals surface area (Å²) in [6.45, 7) is 1.20. The summed E-state index contributed by atoms with van der Waals surface area (Å²) in [6.07, 6.45) is -0.433. The predicted molar refractivity (Wildman–Crippen MR) is 115 cm³/mol. The Kier molecular flexibility index (Phi) is 7.63. The lowest BCUT2D eigenvalue weighted by Crippen LogP contribution is -2.53. The van der Waals surface area contributed by atoms with Crippen LogP contribution in [0.4, 0.5) is 15.3 Å². The van der Waals surface area contributed by atoms with Crippen molar-refractivity contribution in [3.8, 4) is 0 Å². The Labute approximate surface area is 184 Å². The molecule has 2 aromatic carbocycles. The number of hydrogen-bond acceptors (Lipinski definition) is 5. The van der Waals surface area contributed by atoms with Gasteiger partial charge in [-0.3, -0.25) is 4.79 Å². The first-order valence-corrected chi connectivity index (χ1v) is 10.0. The van der Waals surface area contributed by atoms with Crippen LogP contribution in [-0.2, 0) is 16.1 Å². The Hall–Kier alpha value is -4.08. The van der Waals surface area contributed by atoms with E-state index in [2.05, 4.69) is 10.6 Å². The number of carboxylic acids is 1. The van der Waals surface area contributed by atoms with E-state index in [1.807, 2.05) is 30.3 Å². The van der Waals surface area contributed by atoms with Crippen LogP contribution >= 0.6 is 0 Å². The van der Waals surface area contributed by atoms with Crippen molar-refractivity contribution in [2.75, 3.05) is 38.0 Å². The number of urea groups is 1. The monoisotopic (exact) mass is 440 g/mol. The molecule has 0 aliphatic carbocycles.